The van der Waals surface area contributed by atoms with Gasteiger partial charge < -0.3 is 9.80 Å². The normalized spacial score (nSPS) is 23.7. The highest BCUT2D eigenvalue weighted by Gasteiger charge is 2.24. The van der Waals surface area contributed by atoms with Crippen LogP contribution in [0.4, 0.5) is 0 Å². The van der Waals surface area contributed by atoms with Gasteiger partial charge in [0.05, 0.1) is 0 Å². The van der Waals surface area contributed by atoms with Crippen molar-refractivity contribution in [3.63, 3.8) is 0 Å². The number of hydrogen-bond acceptors (Lipinski definition) is 2. The minimum Gasteiger partial charge on any atom is -0.374 e. The second kappa shape index (κ2) is 4.14. The highest BCUT2D eigenvalue weighted by atomic mass is 15.2. The molecule has 1 fully saturated rings. The molecule has 0 aromatic carbocycles. The molecule has 0 aliphatic carbocycles. The summed E-state index contributed by atoms with van der Waals surface area (Å²) in [6.45, 7) is 9.68. The average molecular weight is 182 g/mol. The van der Waals surface area contributed by atoms with Crippen molar-refractivity contribution >= 4 is 0 Å². The van der Waals surface area contributed by atoms with Gasteiger partial charge in [-0.3, -0.25) is 0 Å². The van der Waals surface area contributed by atoms with Crippen LogP contribution in [0.15, 0.2) is 12.3 Å². The van der Waals surface area contributed by atoms with Crippen LogP contribution in [0.2, 0.25) is 0 Å². The van der Waals surface area contributed by atoms with Gasteiger partial charge >= 0.3 is 0 Å². The predicted octanol–water partition coefficient (Wildman–Crippen LogP) is 1.93. The molecule has 0 N–H and O–H groups in total. The van der Waals surface area contributed by atoms with Gasteiger partial charge in [-0.1, -0.05) is 6.58 Å². The molecule has 1 atom stereocenters. The summed E-state index contributed by atoms with van der Waals surface area (Å²) in [6, 6.07) is 1.32. The molecule has 1 saturated heterocycles. The van der Waals surface area contributed by atoms with Crippen molar-refractivity contribution in [2.75, 3.05) is 20.6 Å². The first kappa shape index (κ1) is 10.6. The van der Waals surface area contributed by atoms with E-state index in [1.54, 1.807) is 0 Å². The lowest BCUT2D eigenvalue weighted by atomic mass is 10.2. The molecule has 0 saturated carbocycles. The van der Waals surface area contributed by atoms with E-state index < -0.39 is 0 Å². The quantitative estimate of drug-likeness (QED) is 0.658. The minimum absolute atomic E-state index is 0.641. The van der Waals surface area contributed by atoms with Crippen LogP contribution in [0.3, 0.4) is 0 Å². The van der Waals surface area contributed by atoms with E-state index in [4.69, 9.17) is 0 Å². The van der Waals surface area contributed by atoms with Gasteiger partial charge in [-0.25, -0.2) is 0 Å². The van der Waals surface area contributed by atoms with E-state index in [2.05, 4.69) is 44.3 Å². The lowest BCUT2D eigenvalue weighted by Gasteiger charge is -2.29. The van der Waals surface area contributed by atoms with E-state index in [1.165, 1.54) is 18.5 Å². The number of hydrogen-bond donors (Lipinski definition) is 0. The fourth-order valence-corrected chi connectivity index (χ4v) is 1.72. The molecule has 0 aromatic rings. The molecule has 0 aromatic heterocycles. The van der Waals surface area contributed by atoms with Crippen molar-refractivity contribution in [1.82, 2.24) is 9.80 Å². The monoisotopic (exact) mass is 182 g/mol. The van der Waals surface area contributed by atoms with E-state index in [0.717, 1.165) is 6.54 Å². The molecule has 0 radical (unpaired) electrons. The number of likely N-dealkylation sites (tertiary alicyclic amines) is 1. The number of likely N-dealkylation sites (N-methyl/N-ethyl adjacent to an activating group) is 2. The van der Waals surface area contributed by atoms with Crippen molar-refractivity contribution in [3.05, 3.63) is 12.3 Å². The standard InChI is InChI=1S/C11H22N2/c1-9(2)12(4)8-11-7-6-10(3)13(11)5/h9,11H,3,6-8H2,1-2,4-5H3/t11-/m0/s1. The summed E-state index contributed by atoms with van der Waals surface area (Å²) in [7, 11) is 4.35. The highest BCUT2D eigenvalue weighted by molar-refractivity contribution is 5.03. The molecular formula is C11H22N2. The third kappa shape index (κ3) is 2.47. The Labute approximate surface area is 82.2 Å². The van der Waals surface area contributed by atoms with Crippen LogP contribution in [0.1, 0.15) is 26.7 Å². The molecule has 76 valence electrons. The molecule has 0 unspecified atom stereocenters. The fourth-order valence-electron chi connectivity index (χ4n) is 1.72. The Bertz CT molecular complexity index is 187. The second-order valence-electron chi connectivity index (χ2n) is 4.40. The smallest absolute Gasteiger partial charge is 0.0414 e. The van der Waals surface area contributed by atoms with Crippen LogP contribution in [0, 0.1) is 0 Å². The summed E-state index contributed by atoms with van der Waals surface area (Å²) in [4.78, 5) is 4.73. The summed E-state index contributed by atoms with van der Waals surface area (Å²) in [6.07, 6.45) is 2.44. The topological polar surface area (TPSA) is 6.48 Å². The summed E-state index contributed by atoms with van der Waals surface area (Å²) in [5, 5.41) is 0. The van der Waals surface area contributed by atoms with Gasteiger partial charge in [-0.15, -0.1) is 0 Å². The zero-order valence-corrected chi connectivity index (χ0v) is 9.38. The second-order valence-corrected chi connectivity index (χ2v) is 4.40. The van der Waals surface area contributed by atoms with Crippen LogP contribution >= 0.6 is 0 Å². The summed E-state index contributed by atoms with van der Waals surface area (Å²) in [5.74, 6) is 0. The third-order valence-corrected chi connectivity index (χ3v) is 3.19. The fraction of sp³-hybridized carbons (Fsp3) is 0.818. The van der Waals surface area contributed by atoms with Crippen molar-refractivity contribution < 1.29 is 0 Å². The zero-order valence-electron chi connectivity index (χ0n) is 9.38. The molecule has 0 amide bonds. The molecule has 2 nitrogen and oxygen atoms in total. The van der Waals surface area contributed by atoms with Gasteiger partial charge in [0.15, 0.2) is 0 Å². The van der Waals surface area contributed by atoms with Gasteiger partial charge in [-0.2, -0.15) is 0 Å². The summed E-state index contributed by atoms with van der Waals surface area (Å²) >= 11 is 0. The molecule has 1 rings (SSSR count). The van der Waals surface area contributed by atoms with Crippen LogP contribution in [-0.2, 0) is 0 Å². The lowest BCUT2D eigenvalue weighted by Crippen LogP contribution is -2.39. The Morgan fingerprint density at radius 3 is 2.62 bits per heavy atom. The van der Waals surface area contributed by atoms with Crippen molar-refractivity contribution in [1.29, 1.82) is 0 Å². The lowest BCUT2D eigenvalue weighted by molar-refractivity contribution is 0.204. The van der Waals surface area contributed by atoms with Crippen molar-refractivity contribution in [2.24, 2.45) is 0 Å². The largest absolute Gasteiger partial charge is 0.374 e. The van der Waals surface area contributed by atoms with Gasteiger partial charge in [0.2, 0.25) is 0 Å². The van der Waals surface area contributed by atoms with Crippen molar-refractivity contribution in [3.8, 4) is 0 Å². The van der Waals surface area contributed by atoms with Crippen LogP contribution in [-0.4, -0.2) is 42.5 Å². The number of rotatable bonds is 3. The van der Waals surface area contributed by atoms with Crippen LogP contribution < -0.4 is 0 Å². The Morgan fingerprint density at radius 1 is 1.62 bits per heavy atom. The van der Waals surface area contributed by atoms with Crippen LogP contribution in [0.25, 0.3) is 0 Å². The number of nitrogens with zero attached hydrogens (tertiary/aromatic N) is 2. The van der Waals surface area contributed by atoms with Crippen molar-refractivity contribution in [2.45, 2.75) is 38.8 Å². The van der Waals surface area contributed by atoms with Crippen LogP contribution in [0.5, 0.6) is 0 Å². The molecule has 1 aliphatic rings. The Hall–Kier alpha value is -0.500. The first-order valence-corrected chi connectivity index (χ1v) is 5.13. The molecule has 2 heteroatoms. The molecule has 0 bridgehead atoms. The highest BCUT2D eigenvalue weighted by Crippen LogP contribution is 2.24. The van der Waals surface area contributed by atoms with Gasteiger partial charge in [0, 0.05) is 31.4 Å². The summed E-state index contributed by atoms with van der Waals surface area (Å²) < 4.78 is 0. The SMILES string of the molecule is C=C1CC[C@@H](CN(C)C(C)C)N1C. The maximum atomic E-state index is 4.04. The maximum Gasteiger partial charge on any atom is 0.0414 e. The first-order chi connectivity index (χ1) is 6.02. The number of allylic oxidation sites excluding steroid dienone is 1. The Morgan fingerprint density at radius 2 is 2.23 bits per heavy atom. The Balaban J connectivity index is 2.42. The van der Waals surface area contributed by atoms with E-state index in [1.807, 2.05) is 0 Å². The zero-order chi connectivity index (χ0) is 10.0. The maximum absolute atomic E-state index is 4.04. The van der Waals surface area contributed by atoms with E-state index in [9.17, 15) is 0 Å². The molecular weight excluding hydrogens is 160 g/mol. The van der Waals surface area contributed by atoms with Gasteiger partial charge in [0.1, 0.15) is 0 Å². The van der Waals surface area contributed by atoms with E-state index in [-0.39, 0.29) is 0 Å². The first-order valence-electron chi connectivity index (χ1n) is 5.13. The predicted molar refractivity (Wildman–Crippen MR) is 57.7 cm³/mol. The average Bonchev–Trinajstić information content (AvgIpc) is 2.36. The van der Waals surface area contributed by atoms with E-state index >= 15 is 0 Å². The molecule has 0 spiro atoms. The molecule has 1 aliphatic heterocycles. The summed E-state index contributed by atoms with van der Waals surface area (Å²) in [5.41, 5.74) is 1.29. The van der Waals surface area contributed by atoms with Gasteiger partial charge in [0.25, 0.3) is 0 Å². The van der Waals surface area contributed by atoms with Gasteiger partial charge in [-0.05, 0) is 33.7 Å². The molecule has 1 heterocycles. The van der Waals surface area contributed by atoms with E-state index in [0.29, 0.717) is 12.1 Å². The third-order valence-electron chi connectivity index (χ3n) is 3.19. The minimum atomic E-state index is 0.641. The Kier molecular flexibility index (Phi) is 3.37. The molecule has 13 heavy (non-hydrogen) atoms.